The van der Waals surface area contributed by atoms with Crippen molar-refractivity contribution >= 4 is 21.4 Å². The maximum Gasteiger partial charge on any atom is 0.500 e. The van der Waals surface area contributed by atoms with Gasteiger partial charge < -0.3 is 13.3 Å². The largest absolute Gasteiger partial charge is 0.500 e. The van der Waals surface area contributed by atoms with Crippen LogP contribution in [0.5, 0.6) is 0 Å². The number of aromatic nitrogens is 1. The Balaban J connectivity index is 2.54. The number of rotatable bonds is 9. The third kappa shape index (κ3) is 5.23. The van der Waals surface area contributed by atoms with Crippen LogP contribution < -0.4 is 0 Å². The van der Waals surface area contributed by atoms with E-state index in [1.165, 1.54) is 0 Å². The van der Waals surface area contributed by atoms with Crippen molar-refractivity contribution in [3.63, 3.8) is 0 Å². The fourth-order valence-electron chi connectivity index (χ4n) is 2.01. The number of hydrogen-bond donors (Lipinski definition) is 1. The summed E-state index contributed by atoms with van der Waals surface area (Å²) < 4.78 is 16.4. The minimum absolute atomic E-state index is 0.400. The Bertz CT molecular complexity index is 341. The molecule has 0 saturated carbocycles. The highest BCUT2D eigenvalue weighted by atomic mass is 32.1. The van der Waals surface area contributed by atoms with Crippen molar-refractivity contribution in [1.82, 2.24) is 4.98 Å². The Hall–Kier alpha value is -0.403. The van der Waals surface area contributed by atoms with E-state index in [1.54, 1.807) is 21.3 Å². The first-order valence-corrected chi connectivity index (χ1v) is 8.92. The van der Waals surface area contributed by atoms with Crippen LogP contribution in [-0.4, -0.2) is 40.9 Å². The summed E-state index contributed by atoms with van der Waals surface area (Å²) in [5.41, 5.74) is 1.11. The highest BCUT2D eigenvalue weighted by molar-refractivity contribution is 7.80. The van der Waals surface area contributed by atoms with E-state index in [1.807, 2.05) is 24.4 Å². The van der Waals surface area contributed by atoms with Gasteiger partial charge in [0.05, 0.1) is 0 Å². The minimum atomic E-state index is -2.51. The summed E-state index contributed by atoms with van der Waals surface area (Å²) in [6.45, 7) is 0. The SMILES string of the molecule is CO[Si](CC(CS)CCc1ccccn1)(OC)OC. The quantitative estimate of drug-likeness (QED) is 0.562. The van der Waals surface area contributed by atoms with Crippen molar-refractivity contribution in [2.45, 2.75) is 18.9 Å². The van der Waals surface area contributed by atoms with Gasteiger partial charge in [-0.25, -0.2) is 0 Å². The molecule has 1 aromatic heterocycles. The van der Waals surface area contributed by atoms with Crippen LogP contribution in [0.2, 0.25) is 6.04 Å². The molecule has 0 aliphatic carbocycles. The van der Waals surface area contributed by atoms with Gasteiger partial charge in [-0.2, -0.15) is 12.6 Å². The van der Waals surface area contributed by atoms with E-state index in [-0.39, 0.29) is 0 Å². The first-order chi connectivity index (χ1) is 9.19. The summed E-state index contributed by atoms with van der Waals surface area (Å²) in [5, 5.41) is 0. The van der Waals surface area contributed by atoms with Crippen LogP contribution in [0.25, 0.3) is 0 Å². The molecule has 108 valence electrons. The van der Waals surface area contributed by atoms with E-state index in [9.17, 15) is 0 Å². The van der Waals surface area contributed by atoms with Gasteiger partial charge in [0.2, 0.25) is 0 Å². The van der Waals surface area contributed by atoms with Crippen molar-refractivity contribution in [1.29, 1.82) is 0 Å². The molecule has 0 aromatic carbocycles. The predicted octanol–water partition coefficient (Wildman–Crippen LogP) is 2.44. The van der Waals surface area contributed by atoms with Gasteiger partial charge in [0.1, 0.15) is 0 Å². The van der Waals surface area contributed by atoms with Crippen LogP contribution >= 0.6 is 12.6 Å². The topological polar surface area (TPSA) is 40.6 Å². The van der Waals surface area contributed by atoms with E-state index >= 15 is 0 Å². The Morgan fingerprint density at radius 2 is 1.89 bits per heavy atom. The van der Waals surface area contributed by atoms with Gasteiger partial charge in [0, 0.05) is 39.3 Å². The lowest BCUT2D eigenvalue weighted by molar-refractivity contribution is 0.118. The average molecular weight is 301 g/mol. The summed E-state index contributed by atoms with van der Waals surface area (Å²) in [5.74, 6) is 1.19. The second kappa shape index (κ2) is 8.71. The molecular formula is C13H23NO3SSi. The molecule has 19 heavy (non-hydrogen) atoms. The fourth-order valence-corrected chi connectivity index (χ4v) is 4.62. The zero-order valence-electron chi connectivity index (χ0n) is 11.8. The van der Waals surface area contributed by atoms with E-state index in [2.05, 4.69) is 17.6 Å². The van der Waals surface area contributed by atoms with Crippen LogP contribution in [0.15, 0.2) is 24.4 Å². The van der Waals surface area contributed by atoms with E-state index in [0.29, 0.717) is 5.92 Å². The molecule has 4 nitrogen and oxygen atoms in total. The number of hydrogen-bond acceptors (Lipinski definition) is 5. The van der Waals surface area contributed by atoms with Gasteiger partial charge in [-0.15, -0.1) is 0 Å². The molecule has 6 heteroatoms. The molecule has 1 aromatic rings. The first kappa shape index (κ1) is 16.7. The molecule has 1 rings (SSSR count). The van der Waals surface area contributed by atoms with Gasteiger partial charge in [-0.1, -0.05) is 6.07 Å². The molecule has 0 radical (unpaired) electrons. The van der Waals surface area contributed by atoms with Gasteiger partial charge in [0.25, 0.3) is 0 Å². The molecule has 0 aliphatic heterocycles. The first-order valence-electron chi connectivity index (χ1n) is 6.36. The normalized spacial score (nSPS) is 13.5. The summed E-state index contributed by atoms with van der Waals surface area (Å²) >= 11 is 4.43. The zero-order valence-corrected chi connectivity index (χ0v) is 13.7. The molecular weight excluding hydrogens is 278 g/mol. The molecule has 0 spiro atoms. The molecule has 1 unspecified atom stereocenters. The van der Waals surface area contributed by atoms with Crippen molar-refractivity contribution in [3.8, 4) is 0 Å². The van der Waals surface area contributed by atoms with Crippen LogP contribution in [0.1, 0.15) is 12.1 Å². The molecule has 0 amide bonds. The second-order valence-corrected chi connectivity index (χ2v) is 7.77. The van der Waals surface area contributed by atoms with Crippen molar-refractivity contribution in [3.05, 3.63) is 30.1 Å². The second-order valence-electron chi connectivity index (χ2n) is 4.41. The van der Waals surface area contributed by atoms with Crippen LogP contribution in [0.4, 0.5) is 0 Å². The van der Waals surface area contributed by atoms with Gasteiger partial charge in [0.15, 0.2) is 0 Å². The van der Waals surface area contributed by atoms with Crippen molar-refractivity contribution in [2.24, 2.45) is 5.92 Å². The maximum absolute atomic E-state index is 5.47. The highest BCUT2D eigenvalue weighted by Gasteiger charge is 2.39. The molecule has 0 N–H and O–H groups in total. The molecule has 1 atom stereocenters. The fraction of sp³-hybridized carbons (Fsp3) is 0.615. The molecule has 0 bridgehead atoms. The predicted molar refractivity (Wildman–Crippen MR) is 81.5 cm³/mol. The molecule has 0 fully saturated rings. The lowest BCUT2D eigenvalue weighted by Gasteiger charge is -2.28. The summed E-state index contributed by atoms with van der Waals surface area (Å²) in [7, 11) is 2.43. The van der Waals surface area contributed by atoms with E-state index in [0.717, 1.165) is 30.3 Å². The third-order valence-electron chi connectivity index (χ3n) is 3.26. The average Bonchev–Trinajstić information content (AvgIpc) is 2.49. The lowest BCUT2D eigenvalue weighted by atomic mass is 10.1. The number of thiol groups is 1. The standard InChI is InChI=1S/C13H23NO3SSi/c1-15-19(16-2,17-3)11-12(10-18)7-8-13-6-4-5-9-14-13/h4-6,9,12,18H,7-8,10-11H2,1-3H3. The molecule has 0 saturated heterocycles. The molecule has 1 heterocycles. The summed E-state index contributed by atoms with van der Waals surface area (Å²) in [6, 6.07) is 6.77. The Morgan fingerprint density at radius 1 is 1.21 bits per heavy atom. The van der Waals surface area contributed by atoms with Crippen LogP contribution in [0.3, 0.4) is 0 Å². The molecule has 0 aliphatic rings. The lowest BCUT2D eigenvalue weighted by Crippen LogP contribution is -2.44. The number of nitrogens with zero attached hydrogens (tertiary/aromatic N) is 1. The summed E-state index contributed by atoms with van der Waals surface area (Å²) in [4.78, 5) is 4.33. The number of pyridine rings is 1. The van der Waals surface area contributed by atoms with E-state index < -0.39 is 8.80 Å². The monoisotopic (exact) mass is 301 g/mol. The number of aryl methyl sites for hydroxylation is 1. The smallest absolute Gasteiger partial charge is 0.377 e. The van der Waals surface area contributed by atoms with Gasteiger partial charge in [-0.05, 0) is 36.6 Å². The minimum Gasteiger partial charge on any atom is -0.377 e. The van der Waals surface area contributed by atoms with Crippen molar-refractivity contribution in [2.75, 3.05) is 27.1 Å². The van der Waals surface area contributed by atoms with Gasteiger partial charge in [-0.3, -0.25) is 4.98 Å². The Labute approximate surface area is 122 Å². The van der Waals surface area contributed by atoms with Crippen LogP contribution in [0, 0.1) is 5.92 Å². The van der Waals surface area contributed by atoms with Crippen LogP contribution in [-0.2, 0) is 19.7 Å². The Kier molecular flexibility index (Phi) is 7.63. The highest BCUT2D eigenvalue weighted by Crippen LogP contribution is 2.24. The van der Waals surface area contributed by atoms with Crippen molar-refractivity contribution < 1.29 is 13.3 Å². The Morgan fingerprint density at radius 3 is 2.37 bits per heavy atom. The zero-order chi connectivity index (χ0) is 14.1. The summed E-state index contributed by atoms with van der Waals surface area (Å²) in [6.07, 6.45) is 3.77. The third-order valence-corrected chi connectivity index (χ3v) is 6.72. The maximum atomic E-state index is 5.47. The van der Waals surface area contributed by atoms with E-state index in [4.69, 9.17) is 13.3 Å². The van der Waals surface area contributed by atoms with Gasteiger partial charge >= 0.3 is 8.80 Å².